The number of hydrogen-bond acceptors (Lipinski definition) is 7. The molecule has 0 aliphatic carbocycles. The van der Waals surface area contributed by atoms with Gasteiger partial charge in [0, 0.05) is 0 Å². The average molecular weight is 579 g/mol. The van der Waals surface area contributed by atoms with Crippen LogP contribution in [0.1, 0.15) is 44.4 Å². The summed E-state index contributed by atoms with van der Waals surface area (Å²) in [6, 6.07) is 30.1. The van der Waals surface area contributed by atoms with Crippen LogP contribution in [0.25, 0.3) is 0 Å². The molecule has 0 amide bonds. The van der Waals surface area contributed by atoms with Gasteiger partial charge in [-0.05, 0) is 43.2 Å². The van der Waals surface area contributed by atoms with Crippen LogP contribution in [0, 0.1) is 5.41 Å². The second kappa shape index (κ2) is 15.5. The molecule has 1 saturated heterocycles. The number of benzene rings is 3. The summed E-state index contributed by atoms with van der Waals surface area (Å²) in [6.45, 7) is 9.09. The molecule has 0 N–H and O–H groups in total. The zero-order chi connectivity index (χ0) is 29.1. The minimum absolute atomic E-state index is 0.304. The van der Waals surface area contributed by atoms with E-state index >= 15 is 0 Å². The third-order valence-corrected chi connectivity index (χ3v) is 7.78. The van der Waals surface area contributed by atoms with Crippen LogP contribution in [-0.2, 0) is 48.3 Å². The Bertz CT molecular complexity index is 1170. The molecule has 0 spiro atoms. The summed E-state index contributed by atoms with van der Waals surface area (Å²) in [7, 11) is 0. The number of rotatable bonds is 13. The first-order valence-electron chi connectivity index (χ1n) is 14.3. The van der Waals surface area contributed by atoms with Gasteiger partial charge in [-0.25, -0.2) is 0 Å². The molecular weight excluding hydrogens is 536 g/mol. The van der Waals surface area contributed by atoms with E-state index in [-0.39, 0.29) is 5.97 Å². The molecule has 3 aromatic rings. The number of hydrogen-bond donors (Lipinski definition) is 0. The zero-order valence-corrected chi connectivity index (χ0v) is 25.3. The molecule has 5 atom stereocenters. The van der Waals surface area contributed by atoms with Crippen LogP contribution < -0.4 is 0 Å². The molecule has 3 aromatic carbocycles. The number of carbonyl (C=O) groups is 1. The molecule has 6 nitrogen and oxygen atoms in total. The highest BCUT2D eigenvalue weighted by atomic mass is 32.2. The highest BCUT2D eigenvalue weighted by Crippen LogP contribution is 2.36. The summed E-state index contributed by atoms with van der Waals surface area (Å²) in [4.78, 5) is 13.2. The maximum Gasteiger partial charge on any atom is 0.311 e. The van der Waals surface area contributed by atoms with Gasteiger partial charge < -0.3 is 23.7 Å². The van der Waals surface area contributed by atoms with Crippen molar-refractivity contribution in [3.63, 3.8) is 0 Å². The van der Waals surface area contributed by atoms with Gasteiger partial charge in [0.15, 0.2) is 6.10 Å². The molecule has 1 fully saturated rings. The van der Waals surface area contributed by atoms with Gasteiger partial charge in [-0.3, -0.25) is 4.79 Å². The van der Waals surface area contributed by atoms with Crippen LogP contribution in [0.3, 0.4) is 0 Å². The molecule has 0 bridgehead atoms. The Morgan fingerprint density at radius 3 is 1.71 bits per heavy atom. The van der Waals surface area contributed by atoms with Crippen LogP contribution in [-0.4, -0.2) is 48.2 Å². The van der Waals surface area contributed by atoms with Gasteiger partial charge in [0.1, 0.15) is 23.7 Å². The van der Waals surface area contributed by atoms with Crippen molar-refractivity contribution in [3.8, 4) is 0 Å². The Hall–Kier alpha value is -2.68. The monoisotopic (exact) mass is 578 g/mol. The third kappa shape index (κ3) is 9.42. The summed E-state index contributed by atoms with van der Waals surface area (Å²) in [5.41, 5.74) is 2.03. The SMILES string of the molecule is CCS[C@@H]1O[C@H](COCc2ccccc2)[C@@H](OCc2ccccc2)[C@H](OCc2ccccc2)[C@@H]1OC(=O)C(C)(C)C. The minimum Gasteiger partial charge on any atom is -0.455 e. The maximum absolute atomic E-state index is 13.2. The van der Waals surface area contributed by atoms with Crippen molar-refractivity contribution in [3.05, 3.63) is 108 Å². The lowest BCUT2D eigenvalue weighted by molar-refractivity contribution is -0.251. The van der Waals surface area contributed by atoms with Crippen LogP contribution >= 0.6 is 11.8 Å². The molecule has 41 heavy (non-hydrogen) atoms. The minimum atomic E-state index is -0.679. The van der Waals surface area contributed by atoms with E-state index in [1.165, 1.54) is 0 Å². The molecule has 1 heterocycles. The van der Waals surface area contributed by atoms with Crippen molar-refractivity contribution in [2.24, 2.45) is 5.41 Å². The van der Waals surface area contributed by atoms with E-state index in [1.54, 1.807) is 11.8 Å². The molecule has 220 valence electrons. The predicted molar refractivity (Wildman–Crippen MR) is 162 cm³/mol. The standard InChI is InChI=1S/C34H42O6S/c1-5-41-32-31(40-33(35)34(2,3)4)30(38-23-27-19-13-8-14-20-27)29(37-22-26-17-11-7-12-18-26)28(39-32)24-36-21-25-15-9-6-10-16-25/h6-20,28-32H,5,21-24H2,1-4H3/t28-,29-,30+,31+,32+/m1/s1. The highest BCUT2D eigenvalue weighted by Gasteiger charge is 2.50. The fourth-order valence-corrected chi connectivity index (χ4v) is 5.48. The Morgan fingerprint density at radius 1 is 0.732 bits per heavy atom. The van der Waals surface area contributed by atoms with Gasteiger partial charge >= 0.3 is 5.97 Å². The van der Waals surface area contributed by atoms with Crippen LogP contribution in [0.2, 0.25) is 0 Å². The van der Waals surface area contributed by atoms with Crippen molar-refractivity contribution in [1.82, 2.24) is 0 Å². The molecule has 4 rings (SSSR count). The molecule has 0 aromatic heterocycles. The predicted octanol–water partition coefficient (Wildman–Crippen LogP) is 6.81. The van der Waals surface area contributed by atoms with Gasteiger partial charge in [-0.15, -0.1) is 11.8 Å². The normalized spacial score (nSPS) is 22.8. The number of carbonyl (C=O) groups excluding carboxylic acids is 1. The second-order valence-electron chi connectivity index (χ2n) is 11.1. The maximum atomic E-state index is 13.2. The largest absolute Gasteiger partial charge is 0.455 e. The lowest BCUT2D eigenvalue weighted by Crippen LogP contribution is -2.61. The topological polar surface area (TPSA) is 63.2 Å². The first-order valence-corrected chi connectivity index (χ1v) is 15.3. The molecule has 0 unspecified atom stereocenters. The summed E-state index contributed by atoms with van der Waals surface area (Å²) >= 11 is 1.60. The lowest BCUT2D eigenvalue weighted by Gasteiger charge is -2.46. The zero-order valence-electron chi connectivity index (χ0n) is 24.4. The molecule has 7 heteroatoms. The van der Waals surface area contributed by atoms with Gasteiger partial charge in [0.2, 0.25) is 0 Å². The summed E-state index contributed by atoms with van der Waals surface area (Å²) in [6.07, 6.45) is -2.21. The molecule has 0 saturated carbocycles. The van der Waals surface area contributed by atoms with E-state index in [1.807, 2.05) is 112 Å². The van der Waals surface area contributed by atoms with E-state index in [9.17, 15) is 4.79 Å². The van der Waals surface area contributed by atoms with Crippen LogP contribution in [0.5, 0.6) is 0 Å². The molecule has 1 aliphatic rings. The molecular formula is C34H42O6S. The van der Waals surface area contributed by atoms with Crippen molar-refractivity contribution >= 4 is 17.7 Å². The van der Waals surface area contributed by atoms with Gasteiger partial charge in [0.05, 0.1) is 31.8 Å². The van der Waals surface area contributed by atoms with Crippen molar-refractivity contribution in [1.29, 1.82) is 0 Å². The van der Waals surface area contributed by atoms with Crippen LogP contribution in [0.15, 0.2) is 91.0 Å². The van der Waals surface area contributed by atoms with E-state index in [0.717, 1.165) is 22.4 Å². The second-order valence-corrected chi connectivity index (χ2v) is 12.5. The van der Waals surface area contributed by atoms with E-state index in [4.69, 9.17) is 23.7 Å². The van der Waals surface area contributed by atoms with Crippen LogP contribution in [0.4, 0.5) is 0 Å². The van der Waals surface area contributed by atoms with E-state index in [2.05, 4.69) is 6.92 Å². The summed E-state index contributed by atoms with van der Waals surface area (Å²) in [5.74, 6) is 0.481. The first-order chi connectivity index (χ1) is 19.8. The van der Waals surface area contributed by atoms with Crippen molar-refractivity contribution in [2.45, 2.75) is 77.4 Å². The van der Waals surface area contributed by atoms with Crippen molar-refractivity contribution in [2.75, 3.05) is 12.4 Å². The average Bonchev–Trinajstić information content (AvgIpc) is 2.98. The first kappa shape index (κ1) is 31.3. The molecule has 0 radical (unpaired) electrons. The third-order valence-electron chi connectivity index (χ3n) is 6.74. The number of thioether (sulfide) groups is 1. The Kier molecular flexibility index (Phi) is 11.8. The fourth-order valence-electron chi connectivity index (χ4n) is 4.53. The Labute approximate surface area is 248 Å². The quantitative estimate of drug-likeness (QED) is 0.207. The molecule has 1 aliphatic heterocycles. The highest BCUT2D eigenvalue weighted by molar-refractivity contribution is 7.99. The van der Waals surface area contributed by atoms with Gasteiger partial charge in [-0.1, -0.05) is 97.9 Å². The Morgan fingerprint density at radius 2 is 1.22 bits per heavy atom. The number of esters is 1. The van der Waals surface area contributed by atoms with Gasteiger partial charge in [-0.2, -0.15) is 0 Å². The lowest BCUT2D eigenvalue weighted by atomic mass is 9.95. The smallest absolute Gasteiger partial charge is 0.311 e. The summed E-state index contributed by atoms with van der Waals surface area (Å²) in [5, 5.41) is 0. The van der Waals surface area contributed by atoms with E-state index < -0.39 is 35.3 Å². The fraction of sp³-hybridized carbons (Fsp3) is 0.441. The van der Waals surface area contributed by atoms with Crippen molar-refractivity contribution < 1.29 is 28.5 Å². The summed E-state index contributed by atoms with van der Waals surface area (Å²) < 4.78 is 32.2. The van der Waals surface area contributed by atoms with E-state index in [0.29, 0.717) is 26.4 Å². The Balaban J connectivity index is 1.62. The number of ether oxygens (including phenoxy) is 5. The van der Waals surface area contributed by atoms with Gasteiger partial charge in [0.25, 0.3) is 0 Å².